The second kappa shape index (κ2) is 9.11. The predicted molar refractivity (Wildman–Crippen MR) is 124 cm³/mol. The Morgan fingerprint density at radius 3 is 2.64 bits per heavy atom. The quantitative estimate of drug-likeness (QED) is 0.499. The number of benzene rings is 2. The summed E-state index contributed by atoms with van der Waals surface area (Å²) < 4.78 is 22.4. The van der Waals surface area contributed by atoms with Crippen molar-refractivity contribution in [3.63, 3.8) is 0 Å². The van der Waals surface area contributed by atoms with Crippen LogP contribution in [0.1, 0.15) is 34.3 Å². The Hall–Kier alpha value is -3.58. The van der Waals surface area contributed by atoms with E-state index < -0.39 is 5.82 Å². The van der Waals surface area contributed by atoms with E-state index in [0.29, 0.717) is 25.0 Å². The molecule has 1 saturated heterocycles. The molecule has 0 unspecified atom stereocenters. The number of hydrogen-bond donors (Lipinski definition) is 1. The first kappa shape index (κ1) is 21.3. The number of hydrogen-bond acceptors (Lipinski definition) is 4. The Morgan fingerprint density at radius 1 is 1.15 bits per heavy atom. The summed E-state index contributed by atoms with van der Waals surface area (Å²) in [6.45, 7) is 1.22. The van der Waals surface area contributed by atoms with E-state index in [1.807, 2.05) is 43.7 Å². The van der Waals surface area contributed by atoms with Crippen molar-refractivity contribution in [2.75, 3.05) is 13.2 Å². The molecule has 33 heavy (non-hydrogen) atoms. The van der Waals surface area contributed by atoms with Gasteiger partial charge in [0.15, 0.2) is 0 Å². The lowest BCUT2D eigenvalue weighted by atomic mass is 9.95. The molecule has 4 aromatic rings. The van der Waals surface area contributed by atoms with Gasteiger partial charge in [-0.05, 0) is 47.9 Å². The maximum Gasteiger partial charge on any atom is 0.254 e. The lowest BCUT2D eigenvalue weighted by molar-refractivity contribution is 0.0695. The molecule has 1 amide bonds. The molecular formula is C26H25FN4O2. The van der Waals surface area contributed by atoms with Crippen molar-refractivity contribution in [3.8, 4) is 11.3 Å². The number of carbonyl (C=O) groups is 1. The molecule has 0 radical (unpaired) electrons. The number of nitrogens with one attached hydrogen (secondary N) is 1. The van der Waals surface area contributed by atoms with Gasteiger partial charge in [0, 0.05) is 49.6 Å². The molecule has 168 valence electrons. The minimum atomic E-state index is -0.482. The van der Waals surface area contributed by atoms with E-state index in [1.54, 1.807) is 29.1 Å². The third-order valence-electron chi connectivity index (χ3n) is 6.09. The van der Waals surface area contributed by atoms with Crippen LogP contribution in [0.4, 0.5) is 4.39 Å². The Morgan fingerprint density at radius 2 is 1.94 bits per heavy atom. The first-order valence-electron chi connectivity index (χ1n) is 11.1. The molecular weight excluding hydrogens is 419 g/mol. The number of nitrogens with zero attached hydrogens (tertiary/aromatic N) is 3. The van der Waals surface area contributed by atoms with Gasteiger partial charge in [0.05, 0.1) is 17.5 Å². The van der Waals surface area contributed by atoms with Crippen molar-refractivity contribution in [2.24, 2.45) is 7.05 Å². The highest BCUT2D eigenvalue weighted by atomic mass is 19.1. The summed E-state index contributed by atoms with van der Waals surface area (Å²) in [5.74, 6) is -0.861. The van der Waals surface area contributed by atoms with Crippen LogP contribution >= 0.6 is 0 Å². The molecule has 2 aromatic heterocycles. The molecule has 0 spiro atoms. The monoisotopic (exact) mass is 444 g/mol. The van der Waals surface area contributed by atoms with Gasteiger partial charge >= 0.3 is 0 Å². The molecule has 1 N–H and O–H groups in total. The zero-order valence-electron chi connectivity index (χ0n) is 18.4. The summed E-state index contributed by atoms with van der Waals surface area (Å²) in [7, 11) is 1.87. The number of aromatic nitrogens is 3. The van der Waals surface area contributed by atoms with Crippen LogP contribution in [0.15, 0.2) is 61.1 Å². The van der Waals surface area contributed by atoms with Crippen molar-refractivity contribution in [1.82, 2.24) is 20.1 Å². The normalized spacial score (nSPS) is 14.5. The fraction of sp³-hybridized carbons (Fsp3) is 0.269. The van der Waals surface area contributed by atoms with Crippen LogP contribution in [0.2, 0.25) is 0 Å². The van der Waals surface area contributed by atoms with Gasteiger partial charge in [0.25, 0.3) is 5.91 Å². The number of amides is 1. The minimum Gasteiger partial charge on any atom is -0.381 e. The van der Waals surface area contributed by atoms with Crippen molar-refractivity contribution >= 4 is 16.7 Å². The number of ether oxygens (including phenoxy) is 1. The molecule has 1 aliphatic heterocycles. The molecule has 7 heteroatoms. The average molecular weight is 445 g/mol. The Balaban J connectivity index is 1.45. The van der Waals surface area contributed by atoms with Crippen molar-refractivity contribution in [3.05, 3.63) is 83.6 Å². The van der Waals surface area contributed by atoms with E-state index in [1.165, 1.54) is 0 Å². The van der Waals surface area contributed by atoms with Crippen LogP contribution < -0.4 is 5.32 Å². The minimum absolute atomic E-state index is 0.00444. The standard InChI is InChI=1S/C26H25FN4O2/c1-31-16-19(15-29-31)24-7-6-17(14-28-24)12-18-13-23(25(27)22-5-3-2-4-21(18)22)26(32)30-20-8-10-33-11-9-20/h2-7,13-16,20H,8-12H2,1H3,(H,30,32). The van der Waals surface area contributed by atoms with Gasteiger partial charge in [0.1, 0.15) is 5.82 Å². The molecule has 1 fully saturated rings. The number of aryl methyl sites for hydroxylation is 1. The van der Waals surface area contributed by atoms with Gasteiger partial charge in [-0.2, -0.15) is 5.10 Å². The summed E-state index contributed by atoms with van der Waals surface area (Å²) in [5, 5.41) is 8.42. The van der Waals surface area contributed by atoms with E-state index in [0.717, 1.165) is 40.6 Å². The lowest BCUT2D eigenvalue weighted by Crippen LogP contribution is -2.39. The lowest BCUT2D eigenvalue weighted by Gasteiger charge is -2.23. The molecule has 0 saturated carbocycles. The summed E-state index contributed by atoms with van der Waals surface area (Å²) in [4.78, 5) is 17.5. The smallest absolute Gasteiger partial charge is 0.254 e. The van der Waals surface area contributed by atoms with Gasteiger partial charge in [-0.1, -0.05) is 30.3 Å². The van der Waals surface area contributed by atoms with Crippen LogP contribution in [0.3, 0.4) is 0 Å². The van der Waals surface area contributed by atoms with Crippen LogP contribution in [0.5, 0.6) is 0 Å². The number of fused-ring (bicyclic) bond motifs is 1. The topological polar surface area (TPSA) is 69.0 Å². The molecule has 2 aromatic carbocycles. The fourth-order valence-corrected chi connectivity index (χ4v) is 4.30. The van der Waals surface area contributed by atoms with E-state index in [9.17, 15) is 4.79 Å². The maximum absolute atomic E-state index is 15.3. The third-order valence-corrected chi connectivity index (χ3v) is 6.09. The maximum atomic E-state index is 15.3. The second-order valence-corrected chi connectivity index (χ2v) is 8.43. The summed E-state index contributed by atoms with van der Waals surface area (Å²) in [5.41, 5.74) is 3.74. The van der Waals surface area contributed by atoms with Crippen LogP contribution in [0.25, 0.3) is 22.0 Å². The Kier molecular flexibility index (Phi) is 5.88. The molecule has 1 aliphatic rings. The van der Waals surface area contributed by atoms with Gasteiger partial charge in [0.2, 0.25) is 0 Å². The highest BCUT2D eigenvalue weighted by molar-refractivity contribution is 6.00. The van der Waals surface area contributed by atoms with E-state index in [2.05, 4.69) is 15.4 Å². The van der Waals surface area contributed by atoms with Gasteiger partial charge in [-0.3, -0.25) is 14.5 Å². The van der Waals surface area contributed by atoms with Crippen LogP contribution in [-0.4, -0.2) is 39.9 Å². The SMILES string of the molecule is Cn1cc(-c2ccc(Cc3cc(C(=O)NC4CCOCC4)c(F)c4ccccc34)cn2)cn1. The third kappa shape index (κ3) is 4.50. The number of carbonyl (C=O) groups excluding carboxylic acids is 1. The van der Waals surface area contributed by atoms with E-state index >= 15 is 4.39 Å². The van der Waals surface area contributed by atoms with Crippen LogP contribution in [0, 0.1) is 5.82 Å². The second-order valence-electron chi connectivity index (χ2n) is 8.43. The zero-order chi connectivity index (χ0) is 22.8. The van der Waals surface area contributed by atoms with Gasteiger partial charge in [-0.15, -0.1) is 0 Å². The molecule has 5 rings (SSSR count). The Labute approximate surface area is 191 Å². The van der Waals surface area contributed by atoms with Crippen molar-refractivity contribution in [1.29, 1.82) is 0 Å². The highest BCUT2D eigenvalue weighted by Gasteiger charge is 2.22. The van der Waals surface area contributed by atoms with Crippen molar-refractivity contribution in [2.45, 2.75) is 25.3 Å². The molecule has 0 bridgehead atoms. The first-order chi connectivity index (χ1) is 16.1. The van der Waals surface area contributed by atoms with Crippen molar-refractivity contribution < 1.29 is 13.9 Å². The number of halogens is 1. The summed E-state index contributed by atoms with van der Waals surface area (Å²) in [6.07, 6.45) is 7.53. The summed E-state index contributed by atoms with van der Waals surface area (Å²) >= 11 is 0. The number of pyridine rings is 1. The largest absolute Gasteiger partial charge is 0.381 e. The predicted octanol–water partition coefficient (Wildman–Crippen LogP) is 4.27. The van der Waals surface area contributed by atoms with Gasteiger partial charge in [-0.25, -0.2) is 4.39 Å². The number of rotatable bonds is 5. The molecule has 6 nitrogen and oxygen atoms in total. The first-order valence-corrected chi connectivity index (χ1v) is 11.1. The molecule has 0 aliphatic carbocycles. The summed E-state index contributed by atoms with van der Waals surface area (Å²) in [6, 6.07) is 12.9. The van der Waals surface area contributed by atoms with Crippen LogP contribution in [-0.2, 0) is 18.2 Å². The fourth-order valence-electron chi connectivity index (χ4n) is 4.30. The highest BCUT2D eigenvalue weighted by Crippen LogP contribution is 2.28. The van der Waals surface area contributed by atoms with Gasteiger partial charge < -0.3 is 10.1 Å². The zero-order valence-corrected chi connectivity index (χ0v) is 18.4. The van der Waals surface area contributed by atoms with E-state index in [4.69, 9.17) is 4.74 Å². The molecule has 0 atom stereocenters. The Bertz CT molecular complexity index is 1290. The average Bonchev–Trinajstić information content (AvgIpc) is 3.28. The molecule has 3 heterocycles. The van der Waals surface area contributed by atoms with E-state index in [-0.39, 0.29) is 17.5 Å².